The fourth-order valence-corrected chi connectivity index (χ4v) is 1.77. The Morgan fingerprint density at radius 2 is 1.70 bits per heavy atom. The average molecular weight is 268 g/mol. The minimum atomic E-state index is -0.595. The summed E-state index contributed by atoms with van der Waals surface area (Å²) >= 11 is 0. The number of carbonyl (C=O) groups excluding carboxylic acids is 1. The van der Waals surface area contributed by atoms with Gasteiger partial charge in [-0.3, -0.25) is 4.89 Å². The highest BCUT2D eigenvalue weighted by molar-refractivity contribution is 6.15. The molecule has 0 saturated carbocycles. The van der Waals surface area contributed by atoms with E-state index in [1.165, 1.54) is 0 Å². The first-order valence-corrected chi connectivity index (χ1v) is 6.43. The second kappa shape index (κ2) is 6.57. The largest absolute Gasteiger partial charge is 0.386 e. The molecule has 0 aliphatic rings. The topological polar surface area (TPSA) is 35.5 Å². The van der Waals surface area contributed by atoms with E-state index in [9.17, 15) is 4.79 Å². The van der Waals surface area contributed by atoms with Gasteiger partial charge >= 0.3 is 5.97 Å². The Balaban J connectivity index is 2.01. The van der Waals surface area contributed by atoms with Crippen molar-refractivity contribution in [1.82, 2.24) is 0 Å². The molecule has 0 unspecified atom stereocenters. The van der Waals surface area contributed by atoms with Gasteiger partial charge in [-0.1, -0.05) is 62.0 Å². The van der Waals surface area contributed by atoms with Crippen LogP contribution >= 0.6 is 0 Å². The summed E-state index contributed by atoms with van der Waals surface area (Å²) in [7, 11) is 0. The lowest BCUT2D eigenvalue weighted by molar-refractivity contribution is -0.206. The maximum Gasteiger partial charge on any atom is 0.386 e. The van der Waals surface area contributed by atoms with E-state index in [1.807, 2.05) is 43.3 Å². The molecule has 0 radical (unpaired) electrons. The van der Waals surface area contributed by atoms with Gasteiger partial charge in [0.15, 0.2) is 5.75 Å². The zero-order chi connectivity index (χ0) is 14.4. The highest BCUT2D eigenvalue weighted by atomic mass is 17.2. The van der Waals surface area contributed by atoms with Crippen LogP contribution in [0.4, 0.5) is 0 Å². The van der Waals surface area contributed by atoms with Crippen LogP contribution in [0.5, 0.6) is 5.75 Å². The van der Waals surface area contributed by atoms with E-state index in [2.05, 4.69) is 6.58 Å². The molecule has 0 spiro atoms. The Kier molecular flexibility index (Phi) is 4.56. The third-order valence-corrected chi connectivity index (χ3v) is 2.93. The molecule has 0 aliphatic carbocycles. The second-order valence-electron chi connectivity index (χ2n) is 4.26. The van der Waals surface area contributed by atoms with E-state index >= 15 is 0 Å². The normalized spacial score (nSPS) is 9.85. The highest BCUT2D eigenvalue weighted by Gasteiger charge is 2.13. The SMILES string of the molecule is C=C(C(=O)OOc1ccccc1CC)c1ccccc1. The predicted molar refractivity (Wildman–Crippen MR) is 78.0 cm³/mol. The lowest BCUT2D eigenvalue weighted by Crippen LogP contribution is -2.10. The molecular weight excluding hydrogens is 252 g/mol. The summed E-state index contributed by atoms with van der Waals surface area (Å²) in [6.45, 7) is 5.73. The number of para-hydroxylation sites is 1. The van der Waals surface area contributed by atoms with E-state index < -0.39 is 5.97 Å². The lowest BCUT2D eigenvalue weighted by atomic mass is 10.1. The van der Waals surface area contributed by atoms with Crippen LogP contribution in [0.3, 0.4) is 0 Å². The number of benzene rings is 2. The molecule has 0 heterocycles. The van der Waals surface area contributed by atoms with Gasteiger partial charge in [0.1, 0.15) is 0 Å². The summed E-state index contributed by atoms with van der Waals surface area (Å²) in [5.41, 5.74) is 1.95. The molecule has 0 atom stereocenters. The zero-order valence-electron chi connectivity index (χ0n) is 11.3. The van der Waals surface area contributed by atoms with Crippen LogP contribution in [0.1, 0.15) is 18.1 Å². The van der Waals surface area contributed by atoms with Gasteiger partial charge in [0.25, 0.3) is 0 Å². The van der Waals surface area contributed by atoms with Crippen LogP contribution in [0, 0.1) is 0 Å². The first-order chi connectivity index (χ1) is 9.72. The van der Waals surface area contributed by atoms with Gasteiger partial charge in [0.2, 0.25) is 0 Å². The number of carbonyl (C=O) groups is 1. The van der Waals surface area contributed by atoms with Crippen molar-refractivity contribution in [3.63, 3.8) is 0 Å². The monoisotopic (exact) mass is 268 g/mol. The number of aryl methyl sites for hydroxylation is 1. The van der Waals surface area contributed by atoms with Crippen molar-refractivity contribution in [2.45, 2.75) is 13.3 Å². The molecule has 0 aromatic heterocycles. The van der Waals surface area contributed by atoms with Crippen molar-refractivity contribution < 1.29 is 14.6 Å². The van der Waals surface area contributed by atoms with Crippen LogP contribution < -0.4 is 4.89 Å². The minimum Gasteiger partial charge on any atom is -0.286 e. The Bertz CT molecular complexity index is 603. The molecule has 2 aromatic carbocycles. The molecule has 0 aliphatic heterocycles. The lowest BCUT2D eigenvalue weighted by Gasteiger charge is -2.09. The van der Waals surface area contributed by atoms with Gasteiger partial charge in [-0.15, -0.1) is 0 Å². The van der Waals surface area contributed by atoms with Gasteiger partial charge in [-0.25, -0.2) is 9.68 Å². The summed E-state index contributed by atoms with van der Waals surface area (Å²) in [6, 6.07) is 16.6. The second-order valence-corrected chi connectivity index (χ2v) is 4.26. The molecule has 0 bridgehead atoms. The third kappa shape index (κ3) is 3.26. The van der Waals surface area contributed by atoms with Crippen LogP contribution in [-0.4, -0.2) is 5.97 Å². The number of rotatable bonds is 5. The summed E-state index contributed by atoms with van der Waals surface area (Å²) in [5, 5.41) is 0. The molecule has 2 rings (SSSR count). The highest BCUT2D eigenvalue weighted by Crippen LogP contribution is 2.20. The Morgan fingerprint density at radius 1 is 1.05 bits per heavy atom. The quantitative estimate of drug-likeness (QED) is 0.470. The van der Waals surface area contributed by atoms with Crippen molar-refractivity contribution in [1.29, 1.82) is 0 Å². The van der Waals surface area contributed by atoms with Crippen LogP contribution in [0.25, 0.3) is 5.57 Å². The molecule has 0 amide bonds. The van der Waals surface area contributed by atoms with Gasteiger partial charge in [0.05, 0.1) is 5.57 Å². The van der Waals surface area contributed by atoms with E-state index in [0.717, 1.165) is 12.0 Å². The molecule has 0 fully saturated rings. The third-order valence-electron chi connectivity index (χ3n) is 2.93. The standard InChI is InChI=1S/C17H16O3/c1-3-14-9-7-8-12-16(14)19-20-17(18)13(2)15-10-5-4-6-11-15/h4-12H,2-3H2,1H3. The van der Waals surface area contributed by atoms with Gasteiger partial charge < -0.3 is 0 Å². The summed E-state index contributed by atoms with van der Waals surface area (Å²) in [6.07, 6.45) is 0.799. The molecule has 102 valence electrons. The predicted octanol–water partition coefficient (Wildman–Crippen LogP) is 3.80. The molecule has 3 heteroatoms. The van der Waals surface area contributed by atoms with Crippen LogP contribution in [0.15, 0.2) is 61.2 Å². The first-order valence-electron chi connectivity index (χ1n) is 6.43. The Hall–Kier alpha value is -2.55. The van der Waals surface area contributed by atoms with Crippen LogP contribution in [0.2, 0.25) is 0 Å². The van der Waals surface area contributed by atoms with Gasteiger partial charge in [-0.05, 0) is 23.6 Å². The molecule has 0 N–H and O–H groups in total. The van der Waals surface area contributed by atoms with Crippen molar-refractivity contribution in [3.05, 3.63) is 72.3 Å². The molecule has 20 heavy (non-hydrogen) atoms. The van der Waals surface area contributed by atoms with Gasteiger partial charge in [0, 0.05) is 0 Å². The summed E-state index contributed by atoms with van der Waals surface area (Å²) in [5.74, 6) is -0.0497. The van der Waals surface area contributed by atoms with E-state index in [1.54, 1.807) is 18.2 Å². The van der Waals surface area contributed by atoms with E-state index in [-0.39, 0.29) is 5.57 Å². The summed E-state index contributed by atoms with van der Waals surface area (Å²) in [4.78, 5) is 21.8. The summed E-state index contributed by atoms with van der Waals surface area (Å²) < 4.78 is 0. The average Bonchev–Trinajstić information content (AvgIpc) is 2.53. The Labute approximate surface area is 118 Å². The first kappa shape index (κ1) is 13.9. The molecular formula is C17H16O3. The van der Waals surface area contributed by atoms with E-state index in [4.69, 9.17) is 9.78 Å². The van der Waals surface area contributed by atoms with Crippen molar-refractivity contribution in [2.75, 3.05) is 0 Å². The van der Waals surface area contributed by atoms with Gasteiger partial charge in [-0.2, -0.15) is 0 Å². The van der Waals surface area contributed by atoms with Crippen LogP contribution in [-0.2, 0) is 16.1 Å². The van der Waals surface area contributed by atoms with E-state index in [0.29, 0.717) is 11.3 Å². The smallest absolute Gasteiger partial charge is 0.286 e. The number of hydrogen-bond acceptors (Lipinski definition) is 3. The fourth-order valence-electron chi connectivity index (χ4n) is 1.77. The maximum absolute atomic E-state index is 11.9. The Morgan fingerprint density at radius 3 is 2.40 bits per heavy atom. The fraction of sp³-hybridized carbons (Fsp3) is 0.118. The molecule has 2 aromatic rings. The van der Waals surface area contributed by atoms with Crippen molar-refractivity contribution >= 4 is 11.5 Å². The van der Waals surface area contributed by atoms with Crippen molar-refractivity contribution in [3.8, 4) is 5.75 Å². The zero-order valence-corrected chi connectivity index (χ0v) is 11.3. The minimum absolute atomic E-state index is 0.263. The maximum atomic E-state index is 11.9. The van der Waals surface area contributed by atoms with Crippen molar-refractivity contribution in [2.24, 2.45) is 0 Å². The molecule has 3 nitrogen and oxygen atoms in total. The number of hydrogen-bond donors (Lipinski definition) is 0. The molecule has 0 saturated heterocycles.